The predicted molar refractivity (Wildman–Crippen MR) is 220 cm³/mol. The zero-order valence-electron chi connectivity index (χ0n) is 34.3. The zero-order chi connectivity index (χ0) is 38.1. The van der Waals surface area contributed by atoms with Crippen LogP contribution in [0, 0.1) is 0 Å². The van der Waals surface area contributed by atoms with Crippen LogP contribution in [0.4, 0.5) is 0 Å². The van der Waals surface area contributed by atoms with Gasteiger partial charge in [0.15, 0.2) is 0 Å². The Bertz CT molecular complexity index is 812. The van der Waals surface area contributed by atoms with Crippen LogP contribution in [-0.2, 0) is 27.9 Å². The van der Waals surface area contributed by atoms with Crippen LogP contribution in [0.1, 0.15) is 219 Å². The van der Waals surface area contributed by atoms with Crippen molar-refractivity contribution in [3.05, 3.63) is 12.2 Å². The number of unbranched alkanes of at least 4 members (excludes halogenated alkanes) is 28. The van der Waals surface area contributed by atoms with Crippen molar-refractivity contribution in [2.24, 2.45) is 5.73 Å². The van der Waals surface area contributed by atoms with Gasteiger partial charge >= 0.3 is 13.8 Å². The maximum atomic E-state index is 12.6. The highest BCUT2D eigenvalue weighted by atomic mass is 31.2. The van der Waals surface area contributed by atoms with Gasteiger partial charge in [0, 0.05) is 19.6 Å². The van der Waals surface area contributed by atoms with Crippen molar-refractivity contribution >= 4 is 13.8 Å². The molecule has 0 radical (unpaired) electrons. The SMILES string of the molecule is CC/C=C\CCCCCCCCCCCCCCCCOC[C@H](COP(=O)(O)OCCN)OC(=O)CCCCCCCCCCCCCCCCC. The first-order chi connectivity index (χ1) is 25.4. The van der Waals surface area contributed by atoms with Crippen molar-refractivity contribution in [3.8, 4) is 0 Å². The maximum absolute atomic E-state index is 12.6. The normalized spacial score (nSPS) is 13.5. The van der Waals surface area contributed by atoms with E-state index in [1.165, 1.54) is 161 Å². The molecular weight excluding hydrogens is 673 g/mol. The average Bonchev–Trinajstić information content (AvgIpc) is 3.13. The highest BCUT2D eigenvalue weighted by Crippen LogP contribution is 2.43. The van der Waals surface area contributed by atoms with Crippen LogP contribution in [-0.4, -0.2) is 49.9 Å². The number of phosphoric ester groups is 1. The minimum atomic E-state index is -4.27. The molecular formula is C43H86NO7P. The minimum Gasteiger partial charge on any atom is -0.457 e. The summed E-state index contributed by atoms with van der Waals surface area (Å²) in [5, 5.41) is 0. The first kappa shape index (κ1) is 51.2. The van der Waals surface area contributed by atoms with Gasteiger partial charge in [-0.15, -0.1) is 0 Å². The van der Waals surface area contributed by atoms with Gasteiger partial charge in [0.25, 0.3) is 0 Å². The van der Waals surface area contributed by atoms with Gasteiger partial charge in [0.1, 0.15) is 6.10 Å². The lowest BCUT2D eigenvalue weighted by atomic mass is 10.0. The number of nitrogens with two attached hydrogens (primary N) is 1. The molecule has 0 saturated carbocycles. The van der Waals surface area contributed by atoms with Gasteiger partial charge in [-0.3, -0.25) is 13.8 Å². The summed E-state index contributed by atoms with van der Waals surface area (Å²) < 4.78 is 33.5. The maximum Gasteiger partial charge on any atom is 0.472 e. The molecule has 0 heterocycles. The van der Waals surface area contributed by atoms with Crippen molar-refractivity contribution < 1.29 is 32.8 Å². The second-order valence-corrected chi connectivity index (χ2v) is 16.3. The number of phosphoric acid groups is 1. The van der Waals surface area contributed by atoms with E-state index in [9.17, 15) is 14.3 Å². The van der Waals surface area contributed by atoms with Gasteiger partial charge in [0.2, 0.25) is 0 Å². The second kappa shape index (κ2) is 41.4. The molecule has 0 aliphatic carbocycles. The highest BCUT2D eigenvalue weighted by molar-refractivity contribution is 7.47. The fourth-order valence-corrected chi connectivity index (χ4v) is 7.24. The zero-order valence-corrected chi connectivity index (χ0v) is 35.2. The van der Waals surface area contributed by atoms with Crippen molar-refractivity contribution in [1.82, 2.24) is 0 Å². The lowest BCUT2D eigenvalue weighted by molar-refractivity contribution is -0.154. The number of hydrogen-bond donors (Lipinski definition) is 2. The van der Waals surface area contributed by atoms with Crippen LogP contribution < -0.4 is 5.73 Å². The second-order valence-electron chi connectivity index (χ2n) is 14.9. The average molecular weight is 760 g/mol. The topological polar surface area (TPSA) is 117 Å². The monoisotopic (exact) mass is 760 g/mol. The molecule has 1 unspecified atom stereocenters. The fraction of sp³-hybridized carbons (Fsp3) is 0.930. The van der Waals surface area contributed by atoms with E-state index in [1.807, 2.05) is 0 Å². The summed E-state index contributed by atoms with van der Waals surface area (Å²) in [5.41, 5.74) is 5.37. The molecule has 0 fully saturated rings. The lowest BCUT2D eigenvalue weighted by Crippen LogP contribution is -2.28. The molecule has 0 spiro atoms. The Morgan fingerprint density at radius 2 is 1.02 bits per heavy atom. The Kier molecular flexibility index (Phi) is 40.8. The number of carbonyl (C=O) groups is 1. The third-order valence-corrected chi connectivity index (χ3v) is 10.7. The van der Waals surface area contributed by atoms with E-state index >= 15 is 0 Å². The van der Waals surface area contributed by atoms with Gasteiger partial charge in [-0.05, 0) is 32.1 Å². The summed E-state index contributed by atoms with van der Waals surface area (Å²) in [6.45, 7) is 4.89. The van der Waals surface area contributed by atoms with Crippen molar-refractivity contribution in [2.45, 2.75) is 225 Å². The molecule has 0 aromatic carbocycles. The molecule has 9 heteroatoms. The van der Waals surface area contributed by atoms with E-state index in [-0.39, 0.29) is 32.3 Å². The summed E-state index contributed by atoms with van der Waals surface area (Å²) in [6, 6.07) is 0. The standard InChI is InChI=1S/C43H86NO7P/c1-3-5-7-9-11-13-15-17-19-20-21-23-25-27-29-31-33-35-38-48-40-42(41-50-52(46,47)49-39-37-44)51-43(45)36-34-32-30-28-26-24-22-18-16-14-12-10-8-6-4-2/h5,7,42H,3-4,6,8-41,44H2,1-2H3,(H,46,47)/b7-5-/t42-/m1/s1. The molecule has 0 aromatic rings. The molecule has 0 aliphatic rings. The number of carbonyl (C=O) groups excluding carboxylic acids is 1. The van der Waals surface area contributed by atoms with Gasteiger partial charge in [-0.2, -0.15) is 0 Å². The van der Waals surface area contributed by atoms with Crippen LogP contribution >= 0.6 is 7.82 Å². The van der Waals surface area contributed by atoms with Crippen molar-refractivity contribution in [1.29, 1.82) is 0 Å². The molecule has 310 valence electrons. The van der Waals surface area contributed by atoms with E-state index in [0.717, 1.165) is 38.5 Å². The van der Waals surface area contributed by atoms with E-state index in [1.54, 1.807) is 0 Å². The molecule has 52 heavy (non-hydrogen) atoms. The summed E-state index contributed by atoms with van der Waals surface area (Å²) in [4.78, 5) is 22.5. The Morgan fingerprint density at radius 1 is 0.577 bits per heavy atom. The number of esters is 1. The quantitative estimate of drug-likeness (QED) is 0.0273. The first-order valence-electron chi connectivity index (χ1n) is 22.2. The Balaban J connectivity index is 3.96. The predicted octanol–water partition coefficient (Wildman–Crippen LogP) is 13.1. The van der Waals surface area contributed by atoms with Crippen LogP contribution in [0.25, 0.3) is 0 Å². The molecule has 2 atom stereocenters. The van der Waals surface area contributed by atoms with Gasteiger partial charge in [0.05, 0.1) is 19.8 Å². The van der Waals surface area contributed by atoms with Crippen molar-refractivity contribution in [3.63, 3.8) is 0 Å². The molecule has 3 N–H and O–H groups in total. The third-order valence-electron chi connectivity index (χ3n) is 9.69. The highest BCUT2D eigenvalue weighted by Gasteiger charge is 2.25. The van der Waals surface area contributed by atoms with Crippen molar-refractivity contribution in [2.75, 3.05) is 33.0 Å². The van der Waals surface area contributed by atoms with Gasteiger partial charge in [-0.25, -0.2) is 4.57 Å². The lowest BCUT2D eigenvalue weighted by Gasteiger charge is -2.20. The largest absolute Gasteiger partial charge is 0.472 e. The molecule has 8 nitrogen and oxygen atoms in total. The molecule has 0 saturated heterocycles. The first-order valence-corrected chi connectivity index (χ1v) is 23.7. The summed E-state index contributed by atoms with van der Waals surface area (Å²) in [7, 11) is -4.27. The fourth-order valence-electron chi connectivity index (χ4n) is 6.47. The van der Waals surface area contributed by atoms with Crippen LogP contribution in [0.2, 0.25) is 0 Å². The number of hydrogen-bond acceptors (Lipinski definition) is 7. The van der Waals surface area contributed by atoms with E-state index in [4.69, 9.17) is 24.3 Å². The molecule has 0 rings (SSSR count). The Morgan fingerprint density at radius 3 is 1.48 bits per heavy atom. The third kappa shape index (κ3) is 40.4. The molecule has 0 aromatic heterocycles. The minimum absolute atomic E-state index is 0.0915. The van der Waals surface area contributed by atoms with E-state index in [2.05, 4.69) is 26.0 Å². The number of ether oxygens (including phenoxy) is 2. The Hall–Kier alpha value is -0.760. The summed E-state index contributed by atoms with van der Waals surface area (Å²) in [5.74, 6) is -0.325. The van der Waals surface area contributed by atoms with Crippen LogP contribution in [0.3, 0.4) is 0 Å². The molecule has 0 amide bonds. The van der Waals surface area contributed by atoms with E-state index < -0.39 is 13.9 Å². The number of allylic oxidation sites excluding steroid dienone is 2. The van der Waals surface area contributed by atoms with E-state index in [0.29, 0.717) is 13.0 Å². The van der Waals surface area contributed by atoms with Gasteiger partial charge < -0.3 is 20.1 Å². The Labute approximate surface area is 322 Å². The molecule has 0 aliphatic heterocycles. The summed E-state index contributed by atoms with van der Waals surface area (Å²) in [6.07, 6.45) is 43.7. The van der Waals surface area contributed by atoms with Crippen LogP contribution in [0.15, 0.2) is 12.2 Å². The number of rotatable bonds is 43. The van der Waals surface area contributed by atoms with Gasteiger partial charge in [-0.1, -0.05) is 193 Å². The smallest absolute Gasteiger partial charge is 0.457 e. The summed E-state index contributed by atoms with van der Waals surface area (Å²) >= 11 is 0. The molecule has 0 bridgehead atoms. The van der Waals surface area contributed by atoms with Crippen LogP contribution in [0.5, 0.6) is 0 Å².